The third-order valence-electron chi connectivity index (χ3n) is 4.89. The minimum absolute atomic E-state index is 0.173. The second-order valence-corrected chi connectivity index (χ2v) is 6.29. The largest absolute Gasteiger partial charge is 0.306 e. The van der Waals surface area contributed by atoms with Crippen LogP contribution in [0.25, 0.3) is 0 Å². The van der Waals surface area contributed by atoms with Gasteiger partial charge >= 0.3 is 0 Å². The Labute approximate surface area is 129 Å². The molecule has 2 heterocycles. The molecule has 1 aromatic carbocycles. The zero-order valence-electron chi connectivity index (χ0n) is 12.8. The Bertz CT molecular complexity index is 571. The van der Waals surface area contributed by atoms with E-state index in [1.165, 1.54) is 6.07 Å². The zero-order chi connectivity index (χ0) is 15.7. The molecule has 0 atom stereocenters. The monoisotopic (exact) mass is 307 g/mol. The van der Waals surface area contributed by atoms with Crippen molar-refractivity contribution in [2.75, 3.05) is 26.7 Å². The Kier molecular flexibility index (Phi) is 4.42. The molecule has 1 fully saturated rings. The molecule has 0 unspecified atom stereocenters. The van der Waals surface area contributed by atoms with E-state index in [-0.39, 0.29) is 11.4 Å². The van der Waals surface area contributed by atoms with Crippen LogP contribution >= 0.6 is 0 Å². The molecule has 2 aliphatic rings. The number of hydrogen-bond acceptors (Lipinski definition) is 4. The molecule has 0 spiro atoms. The maximum atomic E-state index is 14.3. The molecule has 0 aromatic heterocycles. The second kappa shape index (κ2) is 6.32. The lowest BCUT2D eigenvalue weighted by atomic mass is 9.93. The Morgan fingerprint density at radius 2 is 2.05 bits per heavy atom. The quantitative estimate of drug-likeness (QED) is 0.640. The number of carbonyl (C=O) groups is 1. The smallest absolute Gasteiger partial charge is 0.274 e. The minimum atomic E-state index is -0.667. The summed E-state index contributed by atoms with van der Waals surface area (Å²) in [4.78, 5) is 16.1. The fourth-order valence-electron chi connectivity index (χ4n) is 3.51. The molecule has 2 aliphatic heterocycles. The number of carbonyl (C=O) groups excluding carboxylic acids is 1. The lowest BCUT2D eigenvalue weighted by Crippen LogP contribution is -2.45. The van der Waals surface area contributed by atoms with Crippen molar-refractivity contribution in [3.05, 3.63) is 34.6 Å². The average molecular weight is 307 g/mol. The first-order valence-electron chi connectivity index (χ1n) is 7.77. The number of nitrogens with zero attached hydrogens (tertiary/aromatic N) is 2. The number of piperidine rings is 1. The molecule has 2 N–H and O–H groups in total. The van der Waals surface area contributed by atoms with Crippen LogP contribution in [-0.4, -0.2) is 53.6 Å². The van der Waals surface area contributed by atoms with Crippen molar-refractivity contribution in [2.24, 2.45) is 0 Å². The molecule has 3 rings (SSSR count). The first-order valence-corrected chi connectivity index (χ1v) is 7.77. The average Bonchev–Trinajstić information content (AvgIpc) is 2.54. The predicted octanol–water partition coefficient (Wildman–Crippen LogP) is 1.40. The molecule has 0 aliphatic carbocycles. The number of rotatable bonds is 2. The number of amides is 1. The van der Waals surface area contributed by atoms with Gasteiger partial charge in [-0.05, 0) is 57.1 Å². The minimum Gasteiger partial charge on any atom is -0.306 e. The molecule has 0 saturated carbocycles. The number of hydrogen-bond donors (Lipinski definition) is 2. The molecule has 120 valence electrons. The van der Waals surface area contributed by atoms with Crippen LogP contribution in [0.5, 0.6) is 0 Å². The van der Waals surface area contributed by atoms with E-state index in [2.05, 4.69) is 16.8 Å². The maximum Gasteiger partial charge on any atom is 0.274 e. The van der Waals surface area contributed by atoms with E-state index in [0.29, 0.717) is 18.2 Å². The Hall–Kier alpha value is -1.50. The van der Waals surface area contributed by atoms with Crippen molar-refractivity contribution >= 4 is 5.91 Å². The van der Waals surface area contributed by atoms with Gasteiger partial charge in [0.05, 0.1) is 0 Å². The van der Waals surface area contributed by atoms with Crippen LogP contribution in [-0.2, 0) is 13.0 Å². The van der Waals surface area contributed by atoms with Gasteiger partial charge in [0.15, 0.2) is 0 Å². The van der Waals surface area contributed by atoms with E-state index < -0.39 is 5.91 Å². The van der Waals surface area contributed by atoms with Gasteiger partial charge in [-0.2, -0.15) is 0 Å². The number of nitrogens with one attached hydrogen (secondary N) is 1. The summed E-state index contributed by atoms with van der Waals surface area (Å²) in [7, 11) is 2.13. The van der Waals surface area contributed by atoms with Crippen molar-refractivity contribution in [3.63, 3.8) is 0 Å². The van der Waals surface area contributed by atoms with Gasteiger partial charge in [-0.15, -0.1) is 0 Å². The van der Waals surface area contributed by atoms with E-state index in [4.69, 9.17) is 5.21 Å². The molecular formula is C16H22FN3O2. The van der Waals surface area contributed by atoms with Crippen LogP contribution in [0.2, 0.25) is 0 Å². The lowest BCUT2D eigenvalue weighted by molar-refractivity contribution is 0.0705. The second-order valence-electron chi connectivity index (χ2n) is 6.29. The highest BCUT2D eigenvalue weighted by Gasteiger charge is 2.28. The van der Waals surface area contributed by atoms with Crippen molar-refractivity contribution < 1.29 is 14.4 Å². The highest BCUT2D eigenvalue weighted by Crippen LogP contribution is 2.27. The molecule has 1 aromatic rings. The molecular weight excluding hydrogens is 285 g/mol. The Balaban J connectivity index is 1.77. The molecule has 0 bridgehead atoms. The fourth-order valence-corrected chi connectivity index (χ4v) is 3.51. The van der Waals surface area contributed by atoms with Crippen LogP contribution in [0.4, 0.5) is 4.39 Å². The molecule has 1 amide bonds. The van der Waals surface area contributed by atoms with Crippen LogP contribution in [0.1, 0.15) is 34.3 Å². The molecule has 1 saturated heterocycles. The van der Waals surface area contributed by atoms with Gasteiger partial charge in [-0.25, -0.2) is 9.87 Å². The molecule has 0 radical (unpaired) electrons. The number of halogens is 1. The summed E-state index contributed by atoms with van der Waals surface area (Å²) in [5, 5.41) is 8.68. The lowest BCUT2D eigenvalue weighted by Gasteiger charge is -2.40. The molecule has 6 heteroatoms. The normalized spacial score (nSPS) is 20.7. The number of likely N-dealkylation sites (tertiary alicyclic amines) is 1. The summed E-state index contributed by atoms with van der Waals surface area (Å²) >= 11 is 0. The summed E-state index contributed by atoms with van der Waals surface area (Å²) in [5.41, 5.74) is 3.30. The highest BCUT2D eigenvalue weighted by molar-refractivity contribution is 5.93. The van der Waals surface area contributed by atoms with Gasteiger partial charge in [0.1, 0.15) is 5.82 Å². The Morgan fingerprint density at radius 1 is 1.32 bits per heavy atom. The third-order valence-corrected chi connectivity index (χ3v) is 4.89. The molecule has 5 nitrogen and oxygen atoms in total. The van der Waals surface area contributed by atoms with Crippen molar-refractivity contribution in [1.82, 2.24) is 15.3 Å². The van der Waals surface area contributed by atoms with E-state index >= 15 is 0 Å². The van der Waals surface area contributed by atoms with Crippen LogP contribution in [0.3, 0.4) is 0 Å². The van der Waals surface area contributed by atoms with Gasteiger partial charge in [0.2, 0.25) is 0 Å². The fraction of sp³-hybridized carbons (Fsp3) is 0.562. The standard InChI is InChI=1S/C16H22FN3O2/c1-19-5-3-13(4-6-19)20-7-2-11-8-12(16(21)18-22)9-15(17)14(11)10-20/h8-9,13,22H,2-7,10H2,1H3,(H,18,21). The number of hydroxylamine groups is 1. The summed E-state index contributed by atoms with van der Waals surface area (Å²) in [6.45, 7) is 3.68. The predicted molar refractivity (Wildman–Crippen MR) is 80.3 cm³/mol. The van der Waals surface area contributed by atoms with Crippen molar-refractivity contribution in [1.29, 1.82) is 0 Å². The Morgan fingerprint density at radius 3 is 2.73 bits per heavy atom. The zero-order valence-corrected chi connectivity index (χ0v) is 12.8. The SMILES string of the molecule is CN1CCC(N2CCc3cc(C(=O)NO)cc(F)c3C2)CC1. The number of fused-ring (bicyclic) bond motifs is 1. The van der Waals surface area contributed by atoms with Gasteiger partial charge in [0, 0.05) is 30.3 Å². The van der Waals surface area contributed by atoms with E-state index in [1.807, 2.05) is 0 Å². The van der Waals surface area contributed by atoms with Gasteiger partial charge in [0.25, 0.3) is 5.91 Å². The van der Waals surface area contributed by atoms with Crippen molar-refractivity contribution in [3.8, 4) is 0 Å². The van der Waals surface area contributed by atoms with Gasteiger partial charge < -0.3 is 4.90 Å². The van der Waals surface area contributed by atoms with E-state index in [1.54, 1.807) is 11.5 Å². The number of benzene rings is 1. The summed E-state index contributed by atoms with van der Waals surface area (Å²) in [5.74, 6) is -1.02. The highest BCUT2D eigenvalue weighted by atomic mass is 19.1. The van der Waals surface area contributed by atoms with E-state index in [0.717, 1.165) is 44.5 Å². The summed E-state index contributed by atoms with van der Waals surface area (Å²) in [6.07, 6.45) is 2.99. The topological polar surface area (TPSA) is 55.8 Å². The maximum absolute atomic E-state index is 14.3. The first-order chi connectivity index (χ1) is 10.6. The summed E-state index contributed by atoms with van der Waals surface area (Å²) < 4.78 is 14.3. The summed E-state index contributed by atoms with van der Waals surface area (Å²) in [6, 6.07) is 3.42. The van der Waals surface area contributed by atoms with Crippen LogP contribution in [0.15, 0.2) is 12.1 Å². The van der Waals surface area contributed by atoms with Crippen LogP contribution in [0, 0.1) is 5.82 Å². The van der Waals surface area contributed by atoms with Gasteiger partial charge in [-0.1, -0.05) is 0 Å². The van der Waals surface area contributed by atoms with Crippen molar-refractivity contribution in [2.45, 2.75) is 31.8 Å². The first kappa shape index (κ1) is 15.4. The van der Waals surface area contributed by atoms with Gasteiger partial charge in [-0.3, -0.25) is 14.9 Å². The third kappa shape index (κ3) is 2.99. The molecule has 22 heavy (non-hydrogen) atoms. The van der Waals surface area contributed by atoms with Crippen LogP contribution < -0.4 is 5.48 Å². The van der Waals surface area contributed by atoms with E-state index in [9.17, 15) is 9.18 Å².